The van der Waals surface area contributed by atoms with Gasteiger partial charge in [0.25, 0.3) is 10.1 Å². The van der Waals surface area contributed by atoms with Crippen LogP contribution < -0.4 is 0 Å². The molecule has 0 aromatic heterocycles. The Morgan fingerprint density at radius 1 is 0.846 bits per heavy atom. The van der Waals surface area contributed by atoms with E-state index >= 15 is 0 Å². The van der Waals surface area contributed by atoms with Crippen molar-refractivity contribution in [3.05, 3.63) is 30.1 Å². The van der Waals surface area contributed by atoms with E-state index in [4.69, 9.17) is 23.5 Å². The van der Waals surface area contributed by atoms with Gasteiger partial charge in [0.15, 0.2) is 0 Å². The maximum absolute atomic E-state index is 12.6. The summed E-state index contributed by atoms with van der Waals surface area (Å²) >= 11 is 0. The van der Waals surface area contributed by atoms with Gasteiger partial charge in [-0.2, -0.15) is 8.42 Å². The van der Waals surface area contributed by atoms with Crippen LogP contribution in [0.3, 0.4) is 0 Å². The Hall–Kier alpha value is -1.14. The molecule has 0 bridgehead atoms. The van der Waals surface area contributed by atoms with Crippen molar-refractivity contribution in [3.8, 4) is 0 Å². The van der Waals surface area contributed by atoms with Gasteiger partial charge in [0, 0.05) is 14.2 Å². The van der Waals surface area contributed by atoms with Gasteiger partial charge in [0.05, 0.1) is 57.8 Å². The number of hydrogen-bond donors (Lipinski definition) is 1. The van der Waals surface area contributed by atoms with Crippen LogP contribution in [0.5, 0.6) is 0 Å². The van der Waals surface area contributed by atoms with Crippen LogP contribution >= 0.6 is 0 Å². The van der Waals surface area contributed by atoms with Crippen LogP contribution in [0.2, 0.25) is 0 Å². The summed E-state index contributed by atoms with van der Waals surface area (Å²) in [5, 5.41) is 8.20. The third kappa shape index (κ3) is 13.1. The third-order valence-corrected chi connectivity index (χ3v) is 3.99. The van der Waals surface area contributed by atoms with Crippen LogP contribution in [-0.2, 0) is 33.2 Å². The first-order chi connectivity index (χ1) is 12.5. The Morgan fingerprint density at radius 3 is 1.85 bits per heavy atom. The molecule has 1 N–H and O–H groups in total. The average molecular weight is 398 g/mol. The Kier molecular flexibility index (Phi) is 15.4. The Morgan fingerprint density at radius 2 is 1.35 bits per heavy atom. The molecule has 0 aliphatic carbocycles. The van der Waals surface area contributed by atoms with Crippen LogP contribution in [0.15, 0.2) is 29.2 Å². The van der Waals surface area contributed by atoms with Crippen molar-refractivity contribution in [2.75, 3.05) is 67.1 Å². The standard InChI is InChI=1S/C11H15FO5S.C5H12O3/c1-15-6-7-16-8-9-17-18(13,14)11-4-2-10(12)3-5-11;1-7-4-5-8-3-2-6/h2-5H,6-9H2,1H3;6H,2-5H2,1H3. The lowest BCUT2D eigenvalue weighted by atomic mass is 10.4. The molecule has 0 amide bonds. The molecule has 0 saturated heterocycles. The summed E-state index contributed by atoms with van der Waals surface area (Å²) < 4.78 is 59.9. The fraction of sp³-hybridized carbons (Fsp3) is 0.625. The van der Waals surface area contributed by atoms with E-state index in [2.05, 4.69) is 4.74 Å². The molecule has 1 aromatic rings. The molecule has 8 nitrogen and oxygen atoms in total. The summed E-state index contributed by atoms with van der Waals surface area (Å²) in [5.41, 5.74) is 0. The van der Waals surface area contributed by atoms with E-state index in [1.54, 1.807) is 14.2 Å². The molecule has 0 radical (unpaired) electrons. The van der Waals surface area contributed by atoms with Gasteiger partial charge in [-0.15, -0.1) is 0 Å². The van der Waals surface area contributed by atoms with Crippen molar-refractivity contribution < 1.29 is 41.0 Å². The van der Waals surface area contributed by atoms with Gasteiger partial charge >= 0.3 is 0 Å². The molecule has 0 heterocycles. The number of methoxy groups -OCH3 is 2. The second-order valence-electron chi connectivity index (χ2n) is 4.66. The second-order valence-corrected chi connectivity index (χ2v) is 6.28. The smallest absolute Gasteiger partial charge is 0.297 e. The first kappa shape index (κ1) is 24.9. The van der Waals surface area contributed by atoms with Gasteiger partial charge < -0.3 is 24.1 Å². The molecule has 26 heavy (non-hydrogen) atoms. The maximum Gasteiger partial charge on any atom is 0.297 e. The van der Waals surface area contributed by atoms with Crippen molar-refractivity contribution in [2.24, 2.45) is 0 Å². The molecule has 1 aromatic carbocycles. The number of aliphatic hydroxyl groups excluding tert-OH is 1. The number of halogens is 1. The summed E-state index contributed by atoms with van der Waals surface area (Å²) in [6, 6.07) is 4.42. The molecular formula is C16H27FO8S. The number of aliphatic hydroxyl groups is 1. The number of ether oxygens (including phenoxy) is 4. The molecule has 1 rings (SSSR count). The molecule has 152 valence electrons. The summed E-state index contributed by atoms with van der Waals surface area (Å²) in [5.74, 6) is -0.503. The van der Waals surface area contributed by atoms with E-state index in [0.29, 0.717) is 33.0 Å². The summed E-state index contributed by atoms with van der Waals surface area (Å²) in [6.45, 7) is 2.51. The van der Waals surface area contributed by atoms with Crippen molar-refractivity contribution in [2.45, 2.75) is 4.90 Å². The largest absolute Gasteiger partial charge is 0.394 e. The highest BCUT2D eigenvalue weighted by Crippen LogP contribution is 2.12. The summed E-state index contributed by atoms with van der Waals surface area (Å²) in [6.07, 6.45) is 0. The zero-order valence-electron chi connectivity index (χ0n) is 15.1. The number of hydrogen-bond acceptors (Lipinski definition) is 8. The minimum atomic E-state index is -3.85. The van der Waals surface area contributed by atoms with Crippen molar-refractivity contribution in [3.63, 3.8) is 0 Å². The van der Waals surface area contributed by atoms with Crippen molar-refractivity contribution >= 4 is 10.1 Å². The Balaban J connectivity index is 0.000000660. The highest BCUT2D eigenvalue weighted by Gasteiger charge is 2.14. The molecule has 0 unspecified atom stereocenters. The van der Waals surface area contributed by atoms with Gasteiger partial charge in [0.2, 0.25) is 0 Å². The number of benzene rings is 1. The quantitative estimate of drug-likeness (QED) is 0.385. The van der Waals surface area contributed by atoms with Crippen molar-refractivity contribution in [1.29, 1.82) is 0 Å². The van der Waals surface area contributed by atoms with Crippen LogP contribution in [0.4, 0.5) is 4.39 Å². The molecule has 0 aliphatic rings. The van der Waals surface area contributed by atoms with Crippen LogP contribution in [0.25, 0.3) is 0 Å². The van der Waals surface area contributed by atoms with Gasteiger partial charge in [0.1, 0.15) is 5.82 Å². The first-order valence-corrected chi connectivity index (χ1v) is 9.28. The van der Waals surface area contributed by atoms with Gasteiger partial charge in [-0.25, -0.2) is 4.39 Å². The van der Waals surface area contributed by atoms with Crippen LogP contribution in [0, 0.1) is 5.82 Å². The lowest BCUT2D eigenvalue weighted by molar-refractivity contribution is 0.0500. The zero-order valence-corrected chi connectivity index (χ0v) is 15.9. The van der Waals surface area contributed by atoms with Crippen molar-refractivity contribution in [1.82, 2.24) is 0 Å². The minimum absolute atomic E-state index is 0.0826. The fourth-order valence-electron chi connectivity index (χ4n) is 1.43. The van der Waals surface area contributed by atoms with Crippen LogP contribution in [0.1, 0.15) is 0 Å². The Bertz CT molecular complexity index is 530. The minimum Gasteiger partial charge on any atom is -0.394 e. The summed E-state index contributed by atoms with van der Waals surface area (Å²) in [4.78, 5) is -0.0826. The fourth-order valence-corrected chi connectivity index (χ4v) is 2.32. The normalized spacial score (nSPS) is 11.1. The molecule has 0 spiro atoms. The maximum atomic E-state index is 12.6. The van der Waals surface area contributed by atoms with E-state index in [1.165, 1.54) is 0 Å². The highest BCUT2D eigenvalue weighted by molar-refractivity contribution is 7.86. The first-order valence-electron chi connectivity index (χ1n) is 7.87. The zero-order chi connectivity index (χ0) is 19.7. The van der Waals surface area contributed by atoms with Crippen LogP contribution in [-0.4, -0.2) is 80.6 Å². The monoisotopic (exact) mass is 398 g/mol. The lowest BCUT2D eigenvalue weighted by Gasteiger charge is -2.06. The third-order valence-electron chi connectivity index (χ3n) is 2.67. The molecular weight excluding hydrogens is 371 g/mol. The number of rotatable bonds is 13. The van der Waals surface area contributed by atoms with E-state index in [9.17, 15) is 12.8 Å². The van der Waals surface area contributed by atoms with Gasteiger partial charge in [-0.3, -0.25) is 4.18 Å². The summed E-state index contributed by atoms with van der Waals surface area (Å²) in [7, 11) is -0.694. The predicted molar refractivity (Wildman–Crippen MR) is 92.0 cm³/mol. The lowest BCUT2D eigenvalue weighted by Crippen LogP contribution is -2.13. The van der Waals surface area contributed by atoms with E-state index in [-0.39, 0.29) is 24.7 Å². The predicted octanol–water partition coefficient (Wildman–Crippen LogP) is 0.836. The molecule has 0 saturated carbocycles. The Labute approximate surface area is 153 Å². The van der Waals surface area contributed by atoms with Gasteiger partial charge in [-0.05, 0) is 24.3 Å². The molecule has 10 heteroatoms. The average Bonchev–Trinajstić information content (AvgIpc) is 2.63. The molecule has 0 aliphatic heterocycles. The van der Waals surface area contributed by atoms with E-state index in [1.807, 2.05) is 0 Å². The van der Waals surface area contributed by atoms with Gasteiger partial charge in [-0.1, -0.05) is 0 Å². The van der Waals surface area contributed by atoms with E-state index in [0.717, 1.165) is 24.3 Å². The molecule has 0 atom stereocenters. The van der Waals surface area contributed by atoms with E-state index < -0.39 is 15.9 Å². The molecule has 0 fully saturated rings. The SMILES string of the molecule is COCCOCCO.COCCOCCOS(=O)(=O)c1ccc(F)cc1. The highest BCUT2D eigenvalue weighted by atomic mass is 32.2. The second kappa shape index (κ2) is 16.1. The topological polar surface area (TPSA) is 101 Å².